The number of benzene rings is 3. The van der Waals surface area contributed by atoms with E-state index in [0.29, 0.717) is 0 Å². The van der Waals surface area contributed by atoms with Crippen LogP contribution in [-0.4, -0.2) is 51.1 Å². The Bertz CT molecular complexity index is 1800. The number of carbonyl (C=O) groups excluding carboxylic acids is 1. The Kier molecular flexibility index (Phi) is 7.53. The molecule has 43 heavy (non-hydrogen) atoms. The van der Waals surface area contributed by atoms with E-state index in [1.807, 2.05) is 24.1 Å². The largest absolute Gasteiger partial charge is 0.385 e. The molecule has 5 heteroatoms. The Balaban J connectivity index is 1.75. The summed E-state index contributed by atoms with van der Waals surface area (Å²) < 4.78 is 2.56. The van der Waals surface area contributed by atoms with Crippen molar-refractivity contribution in [1.82, 2.24) is 9.48 Å². The molecule has 0 atom stereocenters. The predicted octanol–water partition coefficient (Wildman–Crippen LogP) is 5.01. The van der Waals surface area contributed by atoms with E-state index in [1.165, 1.54) is 54.5 Å². The minimum atomic E-state index is -2.12. The number of anilines is 1. The molecule has 0 bridgehead atoms. The van der Waals surface area contributed by atoms with Gasteiger partial charge in [0.05, 0.1) is 0 Å². The smallest absolute Gasteiger partial charge is 0.254 e. The van der Waals surface area contributed by atoms with Crippen molar-refractivity contribution < 1.29 is 4.79 Å². The zero-order chi connectivity index (χ0) is 30.7. The quantitative estimate of drug-likeness (QED) is 0.324. The molecule has 3 aromatic carbocycles. The second-order valence-corrected chi connectivity index (χ2v) is 18.2. The van der Waals surface area contributed by atoms with E-state index in [1.54, 1.807) is 0 Å². The first-order valence-corrected chi connectivity index (χ1v) is 19.3. The van der Waals surface area contributed by atoms with Crippen LogP contribution in [-0.2, 0) is 6.42 Å². The molecule has 1 N–H and O–H groups in total. The minimum Gasteiger partial charge on any atom is -0.385 e. The van der Waals surface area contributed by atoms with E-state index in [4.69, 9.17) is 0 Å². The lowest BCUT2D eigenvalue weighted by Gasteiger charge is -2.36. The van der Waals surface area contributed by atoms with Gasteiger partial charge in [0.15, 0.2) is 5.54 Å². The van der Waals surface area contributed by atoms with Gasteiger partial charge >= 0.3 is 0 Å². The van der Waals surface area contributed by atoms with E-state index in [-0.39, 0.29) is 11.4 Å². The number of aryl methyl sites for hydroxylation is 1. The molecule has 0 saturated heterocycles. The highest BCUT2D eigenvalue weighted by Gasteiger charge is 2.40. The number of carbonyl (C=O) groups is 1. The molecular weight excluding hydrogens is 543 g/mol. The summed E-state index contributed by atoms with van der Waals surface area (Å²) in [6, 6.07) is 18.3. The molecule has 3 aliphatic heterocycles. The number of amides is 1. The Morgan fingerprint density at radius 2 is 1.79 bits per heavy atom. The maximum atomic E-state index is 14.0. The van der Waals surface area contributed by atoms with Gasteiger partial charge in [-0.1, -0.05) is 44.6 Å². The van der Waals surface area contributed by atoms with Crippen LogP contribution in [0.3, 0.4) is 0 Å². The minimum absolute atomic E-state index is 0.0457. The maximum Gasteiger partial charge on any atom is 0.254 e. The van der Waals surface area contributed by atoms with Crippen LogP contribution in [0.2, 0.25) is 13.1 Å². The van der Waals surface area contributed by atoms with Crippen LogP contribution in [0, 0.1) is 0 Å². The molecule has 0 fully saturated rings. The van der Waals surface area contributed by atoms with Gasteiger partial charge in [0.25, 0.3) is 5.91 Å². The maximum absolute atomic E-state index is 14.0. The molecule has 3 aliphatic rings. The van der Waals surface area contributed by atoms with Crippen molar-refractivity contribution in [2.45, 2.75) is 78.9 Å². The van der Waals surface area contributed by atoms with Crippen LogP contribution in [0.5, 0.6) is 0 Å². The van der Waals surface area contributed by atoms with Gasteiger partial charge in [-0.2, -0.15) is 0 Å². The first kappa shape index (κ1) is 29.6. The fourth-order valence-corrected chi connectivity index (χ4v) is 10.9. The molecule has 0 aliphatic carbocycles. The van der Waals surface area contributed by atoms with Crippen LogP contribution >= 0.6 is 0 Å². The fraction of sp³-hybridized carbons (Fsp3) is 0.421. The van der Waals surface area contributed by atoms with Gasteiger partial charge in [-0.15, -0.1) is 0 Å². The van der Waals surface area contributed by atoms with Crippen LogP contribution in [0.15, 0.2) is 54.6 Å². The normalized spacial score (nSPS) is 17.6. The molecule has 0 radical (unpaired) electrons. The lowest BCUT2D eigenvalue weighted by molar-refractivity contribution is 0.0793. The molecule has 224 valence electrons. The van der Waals surface area contributed by atoms with Crippen molar-refractivity contribution in [2.75, 3.05) is 32.0 Å². The first-order valence-electron chi connectivity index (χ1n) is 16.3. The fourth-order valence-electron chi connectivity index (χ4n) is 7.84. The summed E-state index contributed by atoms with van der Waals surface area (Å²) in [6.45, 7) is 19.2. The van der Waals surface area contributed by atoms with E-state index in [2.05, 4.69) is 100 Å². The van der Waals surface area contributed by atoms with Gasteiger partial charge in [0.1, 0.15) is 14.6 Å². The second-order valence-electron chi connectivity index (χ2n) is 13.9. The second kappa shape index (κ2) is 10.9. The number of nitrogens with one attached hydrogen (secondary N) is 1. The third-order valence-corrected chi connectivity index (χ3v) is 13.6. The Morgan fingerprint density at radius 3 is 2.53 bits per heavy atom. The summed E-state index contributed by atoms with van der Waals surface area (Å²) >= 11 is 0. The zero-order valence-corrected chi connectivity index (χ0v) is 28.4. The monoisotopic (exact) mass is 590 g/mol. The van der Waals surface area contributed by atoms with Gasteiger partial charge in [-0.3, -0.25) is 4.79 Å². The van der Waals surface area contributed by atoms with E-state index >= 15 is 0 Å². The van der Waals surface area contributed by atoms with Gasteiger partial charge in [0.2, 0.25) is 5.36 Å². The standard InChI is InChI=1S/C38H47N3OSi/c1-9-11-19-40(6)37(42)28-17-13-12-16-27(28)36-30-20-26-15-14-18-39-32(26)22-34(30)43(7,8)35-23-33-29(21-31(35)36)25(3)24-38(4,5)41(33)10-2/h12-13,16-17,20-24H,9-11,14-15,18-19H2,1-8H3/p+1. The zero-order valence-electron chi connectivity index (χ0n) is 27.4. The highest BCUT2D eigenvalue weighted by atomic mass is 28.3. The number of hydrogen-bond donors (Lipinski definition) is 1. The SMILES string of the molecule is CCCCN(C)C(=O)c1ccccc1C1=c2cc3c(cc2[Si](C)(C)c2cc4c(cc21)CCCN4)=[N+](CC)C(C)(C)C=C3C. The summed E-state index contributed by atoms with van der Waals surface area (Å²) in [5.74, 6) is 0.106. The van der Waals surface area contributed by atoms with Crippen molar-refractivity contribution in [2.24, 2.45) is 0 Å². The summed E-state index contributed by atoms with van der Waals surface area (Å²) in [4.78, 5) is 15.9. The number of fused-ring (bicyclic) bond motifs is 4. The average molecular weight is 591 g/mol. The highest BCUT2D eigenvalue weighted by molar-refractivity contribution is 7.01. The topological polar surface area (TPSA) is 35.4 Å². The molecule has 1 amide bonds. The molecule has 3 heterocycles. The Morgan fingerprint density at radius 1 is 1.02 bits per heavy atom. The van der Waals surface area contributed by atoms with Crippen LogP contribution in [0.4, 0.5) is 5.69 Å². The number of unbranched alkanes of at least 4 members (excludes halogenated alkanes) is 1. The first-order chi connectivity index (χ1) is 20.5. The van der Waals surface area contributed by atoms with Crippen molar-refractivity contribution >= 4 is 41.2 Å². The van der Waals surface area contributed by atoms with Crippen LogP contribution in [0.1, 0.15) is 86.5 Å². The Labute approximate surface area is 258 Å². The highest BCUT2D eigenvalue weighted by Crippen LogP contribution is 2.33. The van der Waals surface area contributed by atoms with Gasteiger partial charge in [-0.25, -0.2) is 4.58 Å². The van der Waals surface area contributed by atoms with Gasteiger partial charge in [0, 0.05) is 56.9 Å². The van der Waals surface area contributed by atoms with Crippen molar-refractivity contribution in [3.63, 3.8) is 0 Å². The number of nitrogens with zero attached hydrogens (tertiary/aromatic N) is 2. The average Bonchev–Trinajstić information content (AvgIpc) is 2.98. The van der Waals surface area contributed by atoms with Crippen LogP contribution < -0.4 is 30.8 Å². The van der Waals surface area contributed by atoms with Crippen molar-refractivity contribution in [3.05, 3.63) is 93.0 Å². The van der Waals surface area contributed by atoms with Gasteiger partial charge < -0.3 is 10.2 Å². The predicted molar refractivity (Wildman–Crippen MR) is 185 cm³/mol. The van der Waals surface area contributed by atoms with E-state index in [9.17, 15) is 4.79 Å². The van der Waals surface area contributed by atoms with Crippen LogP contribution in [0.25, 0.3) is 11.1 Å². The summed E-state index contributed by atoms with van der Waals surface area (Å²) in [5.41, 5.74) is 9.69. The lowest BCUT2D eigenvalue weighted by Crippen LogP contribution is -2.64. The lowest BCUT2D eigenvalue weighted by atomic mass is 9.87. The van der Waals surface area contributed by atoms with E-state index < -0.39 is 8.07 Å². The number of rotatable bonds is 6. The Hall–Kier alpha value is -3.44. The summed E-state index contributed by atoms with van der Waals surface area (Å²) in [5, 5.41) is 9.30. The van der Waals surface area contributed by atoms with Crippen molar-refractivity contribution in [3.8, 4) is 0 Å². The molecule has 0 spiro atoms. The summed E-state index contributed by atoms with van der Waals surface area (Å²) in [6.07, 6.45) is 6.74. The number of hydrogen-bond acceptors (Lipinski definition) is 2. The number of likely N-dealkylation sites (N-methyl/N-ethyl adjacent to an activating group) is 1. The third-order valence-electron chi connectivity index (χ3n) is 10.1. The molecule has 3 aromatic rings. The summed E-state index contributed by atoms with van der Waals surface area (Å²) in [7, 11) is -0.172. The van der Waals surface area contributed by atoms with Crippen molar-refractivity contribution in [1.29, 1.82) is 0 Å². The van der Waals surface area contributed by atoms with Gasteiger partial charge in [-0.05, 0) is 107 Å². The third kappa shape index (κ3) is 4.80. The van der Waals surface area contributed by atoms with E-state index in [0.717, 1.165) is 56.4 Å². The number of allylic oxidation sites excluding steroid dienone is 1. The molecule has 6 rings (SSSR count). The molecule has 0 aromatic heterocycles. The molecule has 0 unspecified atom stereocenters. The molecular formula is C38H48N3OSi+. The molecule has 4 nitrogen and oxygen atoms in total. The molecule has 0 saturated carbocycles.